The summed E-state index contributed by atoms with van der Waals surface area (Å²) in [6.45, 7) is 0.176. The number of benzene rings is 2. The van der Waals surface area contributed by atoms with E-state index >= 15 is 0 Å². The van der Waals surface area contributed by atoms with Gasteiger partial charge in [0.25, 0.3) is 0 Å². The zero-order valence-corrected chi connectivity index (χ0v) is 17.2. The van der Waals surface area contributed by atoms with E-state index in [0.29, 0.717) is 19.0 Å². The number of rotatable bonds is 8. The number of methoxy groups -OCH3 is 1. The number of nitrogens with one attached hydrogen (secondary N) is 2. The van der Waals surface area contributed by atoms with Gasteiger partial charge in [-0.1, -0.05) is 18.2 Å². The summed E-state index contributed by atoms with van der Waals surface area (Å²) < 4.78 is 34.7. The molecule has 0 bridgehead atoms. The molecule has 0 aliphatic heterocycles. The number of hydrogen-bond acceptors (Lipinski definition) is 4. The maximum Gasteiger partial charge on any atom is 0.387 e. The van der Waals surface area contributed by atoms with E-state index < -0.39 is 6.61 Å². The fourth-order valence-corrected chi connectivity index (χ4v) is 3.31. The summed E-state index contributed by atoms with van der Waals surface area (Å²) in [7, 11) is 3.09. The molecule has 0 saturated carbocycles. The first-order valence-electron chi connectivity index (χ1n) is 8.66. The molecule has 0 atom stereocenters. The van der Waals surface area contributed by atoms with Crippen LogP contribution < -0.4 is 20.1 Å². The Morgan fingerprint density at radius 3 is 2.50 bits per heavy atom. The number of ether oxygens (including phenoxy) is 2. The molecule has 0 spiro atoms. The summed E-state index contributed by atoms with van der Waals surface area (Å²) in [5.41, 5.74) is 3.16. The lowest BCUT2D eigenvalue weighted by Gasteiger charge is -2.15. The highest BCUT2D eigenvalue weighted by Gasteiger charge is 2.11. The molecule has 0 amide bonds. The third kappa shape index (κ3) is 6.30. The first-order valence-corrected chi connectivity index (χ1v) is 9.89. The topological polar surface area (TPSA) is 54.9 Å². The summed E-state index contributed by atoms with van der Waals surface area (Å²) in [6.07, 6.45) is 2.05. The van der Waals surface area contributed by atoms with E-state index in [1.54, 1.807) is 30.9 Å². The molecule has 0 unspecified atom stereocenters. The fourth-order valence-electron chi connectivity index (χ4n) is 2.60. The minimum absolute atomic E-state index is 0.00372. The third-order valence-electron chi connectivity index (χ3n) is 4.02. The van der Waals surface area contributed by atoms with Crippen molar-refractivity contribution in [2.24, 2.45) is 4.99 Å². The number of halogens is 2. The van der Waals surface area contributed by atoms with Crippen LogP contribution >= 0.6 is 11.8 Å². The van der Waals surface area contributed by atoms with Gasteiger partial charge in [0.1, 0.15) is 0 Å². The lowest BCUT2D eigenvalue weighted by Crippen LogP contribution is -2.36. The number of aliphatic imine (C=N–C) groups is 1. The number of thioether (sulfide) groups is 1. The lowest BCUT2D eigenvalue weighted by atomic mass is 10.1. The van der Waals surface area contributed by atoms with Crippen molar-refractivity contribution in [2.75, 3.05) is 20.4 Å². The molecule has 0 saturated heterocycles. The van der Waals surface area contributed by atoms with Crippen molar-refractivity contribution in [3.05, 3.63) is 53.1 Å². The van der Waals surface area contributed by atoms with Crippen LogP contribution in [0, 0.1) is 6.92 Å². The molecule has 152 valence electrons. The molecule has 0 heterocycles. The molecular formula is C20H25F2N3O2S. The number of aryl methyl sites for hydroxylation is 1. The predicted molar refractivity (Wildman–Crippen MR) is 110 cm³/mol. The molecule has 0 fully saturated rings. The molecule has 2 aromatic carbocycles. The second kappa shape index (κ2) is 10.8. The van der Waals surface area contributed by atoms with Crippen molar-refractivity contribution in [1.29, 1.82) is 0 Å². The Morgan fingerprint density at radius 1 is 1.11 bits per heavy atom. The highest BCUT2D eigenvalue weighted by atomic mass is 32.2. The summed E-state index contributed by atoms with van der Waals surface area (Å²) in [4.78, 5) is 5.42. The van der Waals surface area contributed by atoms with Gasteiger partial charge in [-0.15, -0.1) is 11.8 Å². The minimum atomic E-state index is -2.91. The first kappa shape index (κ1) is 21.8. The van der Waals surface area contributed by atoms with Gasteiger partial charge in [-0.25, -0.2) is 0 Å². The van der Waals surface area contributed by atoms with Gasteiger partial charge < -0.3 is 20.1 Å². The summed E-state index contributed by atoms with van der Waals surface area (Å²) >= 11 is 1.70. The van der Waals surface area contributed by atoms with E-state index in [2.05, 4.69) is 45.5 Å². The SMILES string of the molecule is CN=C(NCc1ccc(OC)c(OC(F)F)c1)NCc1ccc(C)cc1SC. The van der Waals surface area contributed by atoms with E-state index in [9.17, 15) is 8.78 Å². The van der Waals surface area contributed by atoms with Crippen LogP contribution in [0.2, 0.25) is 0 Å². The maximum atomic E-state index is 12.6. The number of guanidine groups is 1. The smallest absolute Gasteiger partial charge is 0.387 e. The van der Waals surface area contributed by atoms with Crippen molar-refractivity contribution in [2.45, 2.75) is 31.5 Å². The zero-order valence-electron chi connectivity index (χ0n) is 16.4. The molecule has 0 aliphatic carbocycles. The van der Waals surface area contributed by atoms with Gasteiger partial charge in [0.2, 0.25) is 0 Å². The van der Waals surface area contributed by atoms with Gasteiger partial charge in [-0.3, -0.25) is 4.99 Å². The third-order valence-corrected chi connectivity index (χ3v) is 4.84. The van der Waals surface area contributed by atoms with Crippen LogP contribution in [0.3, 0.4) is 0 Å². The summed E-state index contributed by atoms with van der Waals surface area (Å²) in [6, 6.07) is 11.2. The highest BCUT2D eigenvalue weighted by Crippen LogP contribution is 2.29. The summed E-state index contributed by atoms with van der Waals surface area (Å²) in [5, 5.41) is 6.44. The van der Waals surface area contributed by atoms with E-state index in [4.69, 9.17) is 4.74 Å². The van der Waals surface area contributed by atoms with Crippen LogP contribution in [0.4, 0.5) is 8.78 Å². The van der Waals surface area contributed by atoms with Gasteiger partial charge in [0.05, 0.1) is 7.11 Å². The minimum Gasteiger partial charge on any atom is -0.493 e. The van der Waals surface area contributed by atoms with Gasteiger partial charge in [-0.05, 0) is 48.1 Å². The highest BCUT2D eigenvalue weighted by molar-refractivity contribution is 7.98. The zero-order chi connectivity index (χ0) is 20.5. The molecule has 2 aromatic rings. The van der Waals surface area contributed by atoms with Crippen molar-refractivity contribution in [3.8, 4) is 11.5 Å². The Kier molecular flexibility index (Phi) is 8.38. The molecular weight excluding hydrogens is 384 g/mol. The van der Waals surface area contributed by atoms with Crippen LogP contribution in [0.5, 0.6) is 11.5 Å². The average molecular weight is 410 g/mol. The molecule has 2 N–H and O–H groups in total. The lowest BCUT2D eigenvalue weighted by molar-refractivity contribution is -0.0512. The quantitative estimate of drug-likeness (QED) is 0.389. The van der Waals surface area contributed by atoms with Crippen LogP contribution in [0.25, 0.3) is 0 Å². The molecule has 2 rings (SSSR count). The molecule has 28 heavy (non-hydrogen) atoms. The Hall–Kier alpha value is -2.48. The van der Waals surface area contributed by atoms with Crippen molar-refractivity contribution >= 4 is 17.7 Å². The van der Waals surface area contributed by atoms with Crippen LogP contribution in [-0.2, 0) is 13.1 Å². The van der Waals surface area contributed by atoms with Gasteiger partial charge >= 0.3 is 6.61 Å². The number of hydrogen-bond donors (Lipinski definition) is 2. The Labute approximate surface area is 168 Å². The van der Waals surface area contributed by atoms with Gasteiger partial charge in [-0.2, -0.15) is 8.78 Å². The van der Waals surface area contributed by atoms with Crippen molar-refractivity contribution < 1.29 is 18.3 Å². The second-order valence-corrected chi connectivity index (χ2v) is 6.81. The Balaban J connectivity index is 1.99. The monoisotopic (exact) mass is 409 g/mol. The van der Waals surface area contributed by atoms with E-state index in [0.717, 1.165) is 5.56 Å². The number of alkyl halides is 2. The molecule has 8 heteroatoms. The fraction of sp³-hybridized carbons (Fsp3) is 0.350. The van der Waals surface area contributed by atoms with Crippen LogP contribution in [0.15, 0.2) is 46.3 Å². The molecule has 0 aromatic heterocycles. The van der Waals surface area contributed by atoms with E-state index in [-0.39, 0.29) is 11.5 Å². The average Bonchev–Trinajstić information content (AvgIpc) is 2.68. The second-order valence-electron chi connectivity index (χ2n) is 5.96. The van der Waals surface area contributed by atoms with Crippen molar-refractivity contribution in [3.63, 3.8) is 0 Å². The Morgan fingerprint density at radius 2 is 1.86 bits per heavy atom. The molecule has 5 nitrogen and oxygen atoms in total. The van der Waals surface area contributed by atoms with Crippen LogP contribution in [-0.4, -0.2) is 33.0 Å². The van der Waals surface area contributed by atoms with Crippen LogP contribution in [0.1, 0.15) is 16.7 Å². The summed E-state index contributed by atoms with van der Waals surface area (Å²) in [5.74, 6) is 0.874. The largest absolute Gasteiger partial charge is 0.493 e. The Bertz CT molecular complexity index is 816. The standard InChI is InChI=1S/C20H25F2N3O2S/c1-13-5-7-15(18(9-13)28-4)12-25-20(23-2)24-11-14-6-8-16(26-3)17(10-14)27-19(21)22/h5-10,19H,11-12H2,1-4H3,(H2,23,24,25). The van der Waals surface area contributed by atoms with Crippen molar-refractivity contribution in [1.82, 2.24) is 10.6 Å². The normalized spacial score (nSPS) is 11.5. The van der Waals surface area contributed by atoms with Gasteiger partial charge in [0, 0.05) is 25.0 Å². The number of nitrogens with zero attached hydrogens (tertiary/aromatic N) is 1. The maximum absolute atomic E-state index is 12.6. The molecule has 0 aliphatic rings. The van der Waals surface area contributed by atoms with E-state index in [1.807, 2.05) is 6.26 Å². The predicted octanol–water partition coefficient (Wildman–Crippen LogP) is 4.19. The first-order chi connectivity index (χ1) is 13.5. The van der Waals surface area contributed by atoms with E-state index in [1.165, 1.54) is 29.2 Å². The van der Waals surface area contributed by atoms with Gasteiger partial charge in [0.15, 0.2) is 17.5 Å². The molecule has 0 radical (unpaired) electrons.